The molecule has 0 heterocycles. The predicted molar refractivity (Wildman–Crippen MR) is 88.9 cm³/mol. The molecule has 2 rings (SSSR count). The molecule has 0 aliphatic carbocycles. The summed E-state index contributed by atoms with van der Waals surface area (Å²) in [6.45, 7) is 2.12. The molecular weight excluding hydrogens is 336 g/mol. The Morgan fingerprint density at radius 2 is 1.85 bits per heavy atom. The van der Waals surface area contributed by atoms with E-state index in [1.807, 2.05) is 18.2 Å². The Balaban J connectivity index is 2.11. The van der Waals surface area contributed by atoms with E-state index in [0.717, 1.165) is 27.9 Å². The maximum atomic E-state index is 6.27. The van der Waals surface area contributed by atoms with Crippen molar-refractivity contribution in [3.63, 3.8) is 0 Å². The zero-order chi connectivity index (χ0) is 14.5. The van der Waals surface area contributed by atoms with Crippen molar-refractivity contribution in [3.05, 3.63) is 68.7 Å². The molecule has 4 heteroatoms. The molecule has 0 amide bonds. The monoisotopic (exact) mass is 352 g/mol. The maximum Gasteiger partial charge on any atom is 0.0449 e. The molecule has 2 aromatic carbocycles. The van der Waals surface area contributed by atoms with Gasteiger partial charge in [-0.3, -0.25) is 11.3 Å². The predicted octanol–water partition coefficient (Wildman–Crippen LogP) is 4.03. The van der Waals surface area contributed by atoms with E-state index in [1.165, 1.54) is 11.1 Å². The molecule has 0 spiro atoms. The number of halogens is 2. The number of hydrazine groups is 1. The fourth-order valence-corrected chi connectivity index (χ4v) is 3.00. The van der Waals surface area contributed by atoms with Crippen LogP contribution < -0.4 is 11.3 Å². The van der Waals surface area contributed by atoms with Gasteiger partial charge in [-0.25, -0.2) is 0 Å². The summed E-state index contributed by atoms with van der Waals surface area (Å²) in [5, 5.41) is 0.768. The molecular formula is C16H18BrClN2. The van der Waals surface area contributed by atoms with Crippen LogP contribution in [0, 0.1) is 6.92 Å². The number of aryl methyl sites for hydroxylation is 1. The summed E-state index contributed by atoms with van der Waals surface area (Å²) in [5.41, 5.74) is 6.60. The fraction of sp³-hybridized carbons (Fsp3) is 0.250. The van der Waals surface area contributed by atoms with E-state index in [9.17, 15) is 0 Å². The largest absolute Gasteiger partial charge is 0.271 e. The molecule has 0 aromatic heterocycles. The molecule has 0 saturated heterocycles. The average molecular weight is 354 g/mol. The van der Waals surface area contributed by atoms with Crippen molar-refractivity contribution in [2.45, 2.75) is 25.8 Å². The second-order valence-electron chi connectivity index (χ2n) is 4.93. The first-order chi connectivity index (χ1) is 9.60. The van der Waals surface area contributed by atoms with Crippen molar-refractivity contribution in [2.24, 2.45) is 5.84 Å². The van der Waals surface area contributed by atoms with Crippen LogP contribution in [-0.4, -0.2) is 6.04 Å². The molecule has 1 atom stereocenters. The lowest BCUT2D eigenvalue weighted by Gasteiger charge is -2.18. The van der Waals surface area contributed by atoms with Gasteiger partial charge in [-0.1, -0.05) is 57.9 Å². The highest BCUT2D eigenvalue weighted by Gasteiger charge is 2.12. The standard InChI is InChI=1S/C16H18BrClN2/c1-11-4-2-3-5-12(11)8-15(20-19)9-13-6-7-14(17)10-16(13)18/h2-7,10,15,20H,8-9,19H2,1H3. The normalized spacial score (nSPS) is 12.4. The zero-order valence-electron chi connectivity index (χ0n) is 11.4. The summed E-state index contributed by atoms with van der Waals surface area (Å²) in [4.78, 5) is 0. The second-order valence-corrected chi connectivity index (χ2v) is 6.26. The Morgan fingerprint density at radius 3 is 2.50 bits per heavy atom. The van der Waals surface area contributed by atoms with Gasteiger partial charge in [-0.2, -0.15) is 0 Å². The molecule has 0 bridgehead atoms. The summed E-state index contributed by atoms with van der Waals surface area (Å²) in [6.07, 6.45) is 1.69. The number of nitrogens with two attached hydrogens (primary N) is 1. The van der Waals surface area contributed by atoms with Crippen molar-refractivity contribution >= 4 is 27.5 Å². The van der Waals surface area contributed by atoms with Crippen LogP contribution in [0.5, 0.6) is 0 Å². The van der Waals surface area contributed by atoms with Gasteiger partial charge in [0.1, 0.15) is 0 Å². The van der Waals surface area contributed by atoms with E-state index < -0.39 is 0 Å². The minimum atomic E-state index is 0.162. The van der Waals surface area contributed by atoms with E-state index in [4.69, 9.17) is 17.4 Å². The first-order valence-electron chi connectivity index (χ1n) is 6.54. The van der Waals surface area contributed by atoms with Gasteiger partial charge in [0.05, 0.1) is 0 Å². The average Bonchev–Trinajstić information content (AvgIpc) is 2.43. The van der Waals surface area contributed by atoms with E-state index in [1.54, 1.807) is 0 Å². The number of hydrogen-bond donors (Lipinski definition) is 2. The van der Waals surface area contributed by atoms with E-state index in [2.05, 4.69) is 52.5 Å². The van der Waals surface area contributed by atoms with Gasteiger partial charge < -0.3 is 0 Å². The third-order valence-corrected chi connectivity index (χ3v) is 4.29. The van der Waals surface area contributed by atoms with Gasteiger partial charge in [0.15, 0.2) is 0 Å². The SMILES string of the molecule is Cc1ccccc1CC(Cc1ccc(Br)cc1Cl)NN. The van der Waals surface area contributed by atoms with Crippen molar-refractivity contribution in [2.75, 3.05) is 0 Å². The minimum Gasteiger partial charge on any atom is -0.271 e. The van der Waals surface area contributed by atoms with Crippen molar-refractivity contribution in [3.8, 4) is 0 Å². The van der Waals surface area contributed by atoms with E-state index in [0.29, 0.717) is 0 Å². The Labute approximate surface area is 133 Å². The number of rotatable bonds is 5. The highest BCUT2D eigenvalue weighted by Crippen LogP contribution is 2.23. The highest BCUT2D eigenvalue weighted by molar-refractivity contribution is 9.10. The van der Waals surface area contributed by atoms with Gasteiger partial charge >= 0.3 is 0 Å². The molecule has 106 valence electrons. The summed E-state index contributed by atoms with van der Waals surface area (Å²) in [5.74, 6) is 5.70. The van der Waals surface area contributed by atoms with Crippen LogP contribution in [0.25, 0.3) is 0 Å². The second kappa shape index (κ2) is 7.23. The van der Waals surface area contributed by atoms with Gasteiger partial charge in [0.2, 0.25) is 0 Å². The molecule has 0 aliphatic heterocycles. The molecule has 0 aliphatic rings. The van der Waals surface area contributed by atoms with E-state index in [-0.39, 0.29) is 6.04 Å². The van der Waals surface area contributed by atoms with Crippen molar-refractivity contribution in [1.29, 1.82) is 0 Å². The highest BCUT2D eigenvalue weighted by atomic mass is 79.9. The smallest absolute Gasteiger partial charge is 0.0449 e. The Kier molecular flexibility index (Phi) is 5.61. The molecule has 0 saturated carbocycles. The van der Waals surface area contributed by atoms with E-state index >= 15 is 0 Å². The molecule has 0 fully saturated rings. The third-order valence-electron chi connectivity index (χ3n) is 3.44. The molecule has 0 radical (unpaired) electrons. The van der Waals surface area contributed by atoms with Crippen LogP contribution in [0.4, 0.5) is 0 Å². The Hall–Kier alpha value is -0.870. The number of nitrogens with one attached hydrogen (secondary N) is 1. The number of benzene rings is 2. The molecule has 1 unspecified atom stereocenters. The lowest BCUT2D eigenvalue weighted by molar-refractivity contribution is 0.521. The third kappa shape index (κ3) is 4.06. The minimum absolute atomic E-state index is 0.162. The summed E-state index contributed by atoms with van der Waals surface area (Å²) in [6, 6.07) is 14.5. The molecule has 3 N–H and O–H groups in total. The Bertz CT molecular complexity index is 586. The van der Waals surface area contributed by atoms with Crippen LogP contribution in [0.3, 0.4) is 0 Å². The topological polar surface area (TPSA) is 38.0 Å². The van der Waals surface area contributed by atoms with Gasteiger partial charge in [0.25, 0.3) is 0 Å². The van der Waals surface area contributed by atoms with Gasteiger partial charge in [0, 0.05) is 15.5 Å². The van der Waals surface area contributed by atoms with Crippen LogP contribution in [0.15, 0.2) is 46.9 Å². The summed E-state index contributed by atoms with van der Waals surface area (Å²) >= 11 is 9.68. The first-order valence-corrected chi connectivity index (χ1v) is 7.72. The van der Waals surface area contributed by atoms with Crippen LogP contribution in [0.1, 0.15) is 16.7 Å². The molecule has 2 aromatic rings. The summed E-state index contributed by atoms with van der Waals surface area (Å²) < 4.78 is 0.988. The fourth-order valence-electron chi connectivity index (χ4n) is 2.25. The van der Waals surface area contributed by atoms with Crippen LogP contribution >= 0.6 is 27.5 Å². The lowest BCUT2D eigenvalue weighted by atomic mass is 9.97. The lowest BCUT2D eigenvalue weighted by Crippen LogP contribution is -2.38. The van der Waals surface area contributed by atoms with Crippen molar-refractivity contribution < 1.29 is 0 Å². The number of hydrogen-bond acceptors (Lipinski definition) is 2. The molecule has 2 nitrogen and oxygen atoms in total. The summed E-state index contributed by atoms with van der Waals surface area (Å²) in [7, 11) is 0. The zero-order valence-corrected chi connectivity index (χ0v) is 13.7. The van der Waals surface area contributed by atoms with Gasteiger partial charge in [-0.05, 0) is 48.6 Å². The van der Waals surface area contributed by atoms with Crippen molar-refractivity contribution in [1.82, 2.24) is 5.43 Å². The quantitative estimate of drug-likeness (QED) is 0.629. The van der Waals surface area contributed by atoms with Crippen LogP contribution in [-0.2, 0) is 12.8 Å². The maximum absolute atomic E-state index is 6.27. The van der Waals surface area contributed by atoms with Crippen LogP contribution in [0.2, 0.25) is 5.02 Å². The Morgan fingerprint density at radius 1 is 1.15 bits per heavy atom. The van der Waals surface area contributed by atoms with Gasteiger partial charge in [-0.15, -0.1) is 0 Å². The first kappa shape index (κ1) is 15.5. The molecule has 20 heavy (non-hydrogen) atoms.